The lowest BCUT2D eigenvalue weighted by Crippen LogP contribution is -2.30. The molecule has 18 heavy (non-hydrogen) atoms. The Balaban J connectivity index is 2.55. The van der Waals surface area contributed by atoms with E-state index < -0.39 is 13.1 Å². The Morgan fingerprint density at radius 2 is 2.22 bits per heavy atom. The van der Waals surface area contributed by atoms with Crippen molar-refractivity contribution in [2.75, 3.05) is 6.61 Å². The maximum absolute atomic E-state index is 11.6. The molecule has 0 spiro atoms. The van der Waals surface area contributed by atoms with Crippen LogP contribution in [0.2, 0.25) is 0 Å². The molecule has 0 unspecified atom stereocenters. The summed E-state index contributed by atoms with van der Waals surface area (Å²) in [5.41, 5.74) is 0.484. The summed E-state index contributed by atoms with van der Waals surface area (Å²) in [5, 5.41) is 19.9. The van der Waals surface area contributed by atoms with Crippen molar-refractivity contribution < 1.29 is 19.6 Å². The van der Waals surface area contributed by atoms with E-state index in [-0.39, 0.29) is 12.3 Å². The van der Waals surface area contributed by atoms with Crippen molar-refractivity contribution in [3.8, 4) is 0 Å². The molecule has 1 heterocycles. The van der Waals surface area contributed by atoms with Crippen LogP contribution in [0.5, 0.6) is 0 Å². The fraction of sp³-hybridized carbons (Fsp3) is 0.167. The number of pyridine rings is 1. The highest BCUT2D eigenvalue weighted by atomic mass is 16.5. The normalized spacial score (nSPS) is 10.4. The van der Waals surface area contributed by atoms with Crippen molar-refractivity contribution in [2.45, 2.75) is 6.92 Å². The van der Waals surface area contributed by atoms with Crippen molar-refractivity contribution in [2.24, 2.45) is 0 Å². The minimum atomic E-state index is -1.59. The van der Waals surface area contributed by atoms with E-state index in [0.717, 1.165) is 5.39 Å². The zero-order valence-electron chi connectivity index (χ0n) is 9.83. The van der Waals surface area contributed by atoms with Crippen LogP contribution in [0.25, 0.3) is 10.8 Å². The summed E-state index contributed by atoms with van der Waals surface area (Å²) in [4.78, 5) is 15.5. The number of ether oxygens (including phenoxy) is 1. The first-order valence-corrected chi connectivity index (χ1v) is 5.55. The molecule has 5 nitrogen and oxygen atoms in total. The second-order valence-corrected chi connectivity index (χ2v) is 3.73. The van der Waals surface area contributed by atoms with Gasteiger partial charge >= 0.3 is 13.1 Å². The molecule has 92 valence electrons. The van der Waals surface area contributed by atoms with Crippen LogP contribution in [0.3, 0.4) is 0 Å². The molecule has 2 aromatic rings. The van der Waals surface area contributed by atoms with Crippen LogP contribution < -0.4 is 5.46 Å². The summed E-state index contributed by atoms with van der Waals surface area (Å²) >= 11 is 0. The minimum absolute atomic E-state index is 0.150. The van der Waals surface area contributed by atoms with Crippen LogP contribution in [0.15, 0.2) is 30.5 Å². The molecule has 6 heteroatoms. The van der Waals surface area contributed by atoms with Crippen LogP contribution in [-0.2, 0) is 4.74 Å². The summed E-state index contributed by atoms with van der Waals surface area (Å²) < 4.78 is 4.85. The van der Waals surface area contributed by atoms with Crippen molar-refractivity contribution in [3.63, 3.8) is 0 Å². The van der Waals surface area contributed by atoms with Gasteiger partial charge in [-0.25, -0.2) is 9.78 Å². The molecule has 0 aliphatic rings. The highest BCUT2D eigenvalue weighted by Gasteiger charge is 2.16. The van der Waals surface area contributed by atoms with Gasteiger partial charge in [0.25, 0.3) is 0 Å². The zero-order chi connectivity index (χ0) is 13.1. The van der Waals surface area contributed by atoms with Crippen LogP contribution in [0.1, 0.15) is 17.4 Å². The standard InChI is InChI=1S/C12H12BNO4/c1-2-18-12(15)11-6-9-8(7-14-11)4-3-5-10(9)13(16)17/h3-7,16-17H,2H2,1H3. The molecule has 0 bridgehead atoms. The average Bonchev–Trinajstić information content (AvgIpc) is 2.37. The Hall–Kier alpha value is -1.92. The maximum atomic E-state index is 11.6. The van der Waals surface area contributed by atoms with Gasteiger partial charge < -0.3 is 14.8 Å². The second kappa shape index (κ2) is 5.16. The van der Waals surface area contributed by atoms with Crippen molar-refractivity contribution in [1.29, 1.82) is 0 Å². The van der Waals surface area contributed by atoms with Gasteiger partial charge in [-0.2, -0.15) is 0 Å². The molecule has 2 N–H and O–H groups in total. The Morgan fingerprint density at radius 1 is 1.44 bits per heavy atom. The minimum Gasteiger partial charge on any atom is -0.461 e. The SMILES string of the molecule is CCOC(=O)c1cc2c(B(O)O)cccc2cn1. The fourth-order valence-corrected chi connectivity index (χ4v) is 1.74. The lowest BCUT2D eigenvalue weighted by atomic mass is 9.77. The second-order valence-electron chi connectivity index (χ2n) is 3.73. The molecule has 0 saturated heterocycles. The summed E-state index contributed by atoms with van der Waals surface area (Å²) in [7, 11) is -1.59. The quantitative estimate of drug-likeness (QED) is 0.591. The number of hydrogen-bond acceptors (Lipinski definition) is 5. The number of fused-ring (bicyclic) bond motifs is 1. The average molecular weight is 245 g/mol. The third kappa shape index (κ3) is 2.34. The van der Waals surface area contributed by atoms with Gasteiger partial charge in [-0.15, -0.1) is 0 Å². The first kappa shape index (κ1) is 12.5. The van der Waals surface area contributed by atoms with E-state index in [1.807, 2.05) is 0 Å². The first-order chi connectivity index (χ1) is 8.63. The first-order valence-electron chi connectivity index (χ1n) is 5.55. The topological polar surface area (TPSA) is 79.7 Å². The molecule has 2 rings (SSSR count). The molecule has 1 aromatic carbocycles. The Bertz CT molecular complexity index is 585. The van der Waals surface area contributed by atoms with Crippen LogP contribution in [0, 0.1) is 0 Å². The molecule has 0 aliphatic heterocycles. The van der Waals surface area contributed by atoms with Gasteiger partial charge in [-0.05, 0) is 29.2 Å². The molecule has 0 fully saturated rings. The monoisotopic (exact) mass is 245 g/mol. The van der Waals surface area contributed by atoms with E-state index in [1.165, 1.54) is 12.3 Å². The molecule has 0 atom stereocenters. The number of rotatable bonds is 3. The maximum Gasteiger partial charge on any atom is 0.489 e. The van der Waals surface area contributed by atoms with Crippen LogP contribution in [-0.4, -0.2) is 34.7 Å². The largest absolute Gasteiger partial charge is 0.489 e. The van der Waals surface area contributed by atoms with Crippen molar-refractivity contribution >= 4 is 29.3 Å². The number of benzene rings is 1. The molecule has 0 saturated carbocycles. The van der Waals surface area contributed by atoms with E-state index in [2.05, 4.69) is 4.98 Å². The van der Waals surface area contributed by atoms with E-state index in [9.17, 15) is 14.8 Å². The lowest BCUT2D eigenvalue weighted by Gasteiger charge is -2.07. The summed E-state index contributed by atoms with van der Waals surface area (Å²) in [6, 6.07) is 6.57. The van der Waals surface area contributed by atoms with Crippen molar-refractivity contribution in [3.05, 3.63) is 36.2 Å². The Morgan fingerprint density at radius 3 is 2.89 bits per heavy atom. The van der Waals surface area contributed by atoms with Gasteiger partial charge in [0.15, 0.2) is 0 Å². The number of aromatic nitrogens is 1. The van der Waals surface area contributed by atoms with Gasteiger partial charge in [-0.3, -0.25) is 0 Å². The number of nitrogens with zero attached hydrogens (tertiary/aromatic N) is 1. The van der Waals surface area contributed by atoms with Gasteiger partial charge in [0.2, 0.25) is 0 Å². The molecule has 0 amide bonds. The van der Waals surface area contributed by atoms with Crippen LogP contribution >= 0.6 is 0 Å². The number of hydrogen-bond donors (Lipinski definition) is 2. The third-order valence-corrected chi connectivity index (χ3v) is 2.56. The van der Waals surface area contributed by atoms with E-state index in [4.69, 9.17) is 4.74 Å². The molecule has 0 radical (unpaired) electrons. The van der Waals surface area contributed by atoms with E-state index >= 15 is 0 Å². The smallest absolute Gasteiger partial charge is 0.461 e. The number of carbonyl (C=O) groups is 1. The molecular weight excluding hydrogens is 233 g/mol. The Kier molecular flexibility index (Phi) is 3.59. The van der Waals surface area contributed by atoms with Crippen molar-refractivity contribution in [1.82, 2.24) is 4.98 Å². The molecule has 0 aliphatic carbocycles. The van der Waals surface area contributed by atoms with Gasteiger partial charge in [-0.1, -0.05) is 18.2 Å². The predicted octanol–water partition coefficient (Wildman–Crippen LogP) is 0.0913. The van der Waals surface area contributed by atoms with Crippen LogP contribution in [0.4, 0.5) is 0 Å². The fourth-order valence-electron chi connectivity index (χ4n) is 1.74. The highest BCUT2D eigenvalue weighted by Crippen LogP contribution is 2.13. The van der Waals surface area contributed by atoms with Gasteiger partial charge in [0.05, 0.1) is 6.61 Å². The van der Waals surface area contributed by atoms with Gasteiger partial charge in [0, 0.05) is 6.20 Å². The summed E-state index contributed by atoms with van der Waals surface area (Å²) in [6.07, 6.45) is 1.51. The van der Waals surface area contributed by atoms with Gasteiger partial charge in [0.1, 0.15) is 5.69 Å². The summed E-state index contributed by atoms with van der Waals surface area (Å²) in [6.45, 7) is 1.98. The predicted molar refractivity (Wildman–Crippen MR) is 67.5 cm³/mol. The number of esters is 1. The lowest BCUT2D eigenvalue weighted by molar-refractivity contribution is 0.0519. The van der Waals surface area contributed by atoms with E-state index in [1.54, 1.807) is 25.1 Å². The molecule has 1 aromatic heterocycles. The summed E-state index contributed by atoms with van der Waals surface area (Å²) in [5.74, 6) is -0.526. The Labute approximate surface area is 104 Å². The van der Waals surface area contributed by atoms with E-state index in [0.29, 0.717) is 10.8 Å². The highest BCUT2D eigenvalue weighted by molar-refractivity contribution is 6.62. The number of carbonyl (C=O) groups excluding carboxylic acids is 1. The third-order valence-electron chi connectivity index (χ3n) is 2.56. The molecular formula is C12H12BNO4. The zero-order valence-corrected chi connectivity index (χ0v) is 9.83.